The van der Waals surface area contributed by atoms with Gasteiger partial charge in [0.25, 0.3) is 0 Å². The standard InChI is InChI=1S/C31H20F3N3O/c32-31(33,34)27-14-6-13-25-28(26(19-37-29(25)27)30(38)22-9-2-1-3-10-22)23-11-5-12-24(16-23)36-18-21-8-4-7-20(15-21)17-35/h1-16,19,36H,18H2. The van der Waals surface area contributed by atoms with E-state index in [9.17, 15) is 18.0 Å². The lowest BCUT2D eigenvalue weighted by molar-refractivity contribution is -0.136. The summed E-state index contributed by atoms with van der Waals surface area (Å²) in [5.74, 6) is -0.334. The Hall–Kier alpha value is -4.96. The van der Waals surface area contributed by atoms with E-state index in [1.807, 2.05) is 12.1 Å². The Labute approximate surface area is 217 Å². The number of benzene rings is 4. The van der Waals surface area contributed by atoms with Crippen LogP contribution in [0.15, 0.2) is 103 Å². The van der Waals surface area contributed by atoms with Gasteiger partial charge in [0.15, 0.2) is 5.78 Å². The summed E-state index contributed by atoms with van der Waals surface area (Å²) in [6.45, 7) is 0.435. The van der Waals surface area contributed by atoms with Gasteiger partial charge in [-0.15, -0.1) is 0 Å². The highest BCUT2D eigenvalue weighted by Gasteiger charge is 2.34. The predicted molar refractivity (Wildman–Crippen MR) is 141 cm³/mol. The maximum absolute atomic E-state index is 13.8. The van der Waals surface area contributed by atoms with Gasteiger partial charge in [-0.1, -0.05) is 66.7 Å². The van der Waals surface area contributed by atoms with E-state index in [1.54, 1.807) is 72.8 Å². The molecule has 186 valence electrons. The summed E-state index contributed by atoms with van der Waals surface area (Å²) >= 11 is 0. The lowest BCUT2D eigenvalue weighted by atomic mass is 9.91. The molecule has 0 saturated carbocycles. The van der Waals surface area contributed by atoms with E-state index in [2.05, 4.69) is 16.4 Å². The number of hydrogen-bond donors (Lipinski definition) is 1. The molecule has 0 spiro atoms. The summed E-state index contributed by atoms with van der Waals surface area (Å²) in [7, 11) is 0. The number of anilines is 1. The van der Waals surface area contributed by atoms with Gasteiger partial charge in [-0.2, -0.15) is 18.4 Å². The van der Waals surface area contributed by atoms with Crippen molar-refractivity contribution in [3.8, 4) is 17.2 Å². The van der Waals surface area contributed by atoms with Crippen molar-refractivity contribution in [2.45, 2.75) is 12.7 Å². The van der Waals surface area contributed by atoms with Crippen LogP contribution < -0.4 is 5.32 Å². The van der Waals surface area contributed by atoms with E-state index in [4.69, 9.17) is 5.26 Å². The molecule has 1 N–H and O–H groups in total. The molecule has 4 aromatic carbocycles. The minimum atomic E-state index is -4.60. The molecular formula is C31H20F3N3O. The van der Waals surface area contributed by atoms with E-state index >= 15 is 0 Å². The van der Waals surface area contributed by atoms with Gasteiger partial charge in [0.1, 0.15) is 0 Å². The number of carbonyl (C=O) groups excluding carboxylic acids is 1. The van der Waals surface area contributed by atoms with Crippen molar-refractivity contribution >= 4 is 22.4 Å². The molecule has 4 nitrogen and oxygen atoms in total. The third-order valence-corrected chi connectivity index (χ3v) is 6.19. The molecule has 0 aliphatic carbocycles. The fourth-order valence-electron chi connectivity index (χ4n) is 4.42. The first-order valence-corrected chi connectivity index (χ1v) is 11.8. The molecule has 0 radical (unpaired) electrons. The molecule has 5 aromatic rings. The van der Waals surface area contributed by atoms with Crippen LogP contribution in [0, 0.1) is 11.3 Å². The number of alkyl halides is 3. The molecule has 0 aliphatic heterocycles. The first kappa shape index (κ1) is 24.7. The Kier molecular flexibility index (Phi) is 6.63. The molecule has 7 heteroatoms. The number of halogens is 3. The minimum Gasteiger partial charge on any atom is -0.381 e. The lowest BCUT2D eigenvalue weighted by Gasteiger charge is -2.16. The maximum Gasteiger partial charge on any atom is 0.418 e. The zero-order valence-corrected chi connectivity index (χ0v) is 20.0. The summed E-state index contributed by atoms with van der Waals surface area (Å²) < 4.78 is 41.5. The number of nitrogens with zero attached hydrogens (tertiary/aromatic N) is 2. The SMILES string of the molecule is N#Cc1cccc(CNc2cccc(-c3c(C(=O)c4ccccc4)cnc4c(C(F)(F)F)cccc34)c2)c1. The largest absolute Gasteiger partial charge is 0.418 e. The first-order valence-electron chi connectivity index (χ1n) is 11.8. The highest BCUT2D eigenvalue weighted by Crippen LogP contribution is 2.39. The Morgan fingerprint density at radius 1 is 0.895 bits per heavy atom. The Bertz CT molecular complexity index is 1690. The zero-order chi connectivity index (χ0) is 26.7. The van der Waals surface area contributed by atoms with E-state index in [0.29, 0.717) is 34.5 Å². The van der Waals surface area contributed by atoms with Gasteiger partial charge in [0.2, 0.25) is 0 Å². The molecule has 0 fully saturated rings. The average molecular weight is 508 g/mol. The van der Waals surface area contributed by atoms with Crippen LogP contribution in [0.3, 0.4) is 0 Å². The fourth-order valence-corrected chi connectivity index (χ4v) is 4.42. The van der Waals surface area contributed by atoms with Gasteiger partial charge in [-0.3, -0.25) is 9.78 Å². The molecule has 0 bridgehead atoms. The second-order valence-electron chi connectivity index (χ2n) is 8.69. The van der Waals surface area contributed by atoms with Crippen LogP contribution in [-0.4, -0.2) is 10.8 Å². The number of hydrogen-bond acceptors (Lipinski definition) is 4. The number of pyridine rings is 1. The molecule has 38 heavy (non-hydrogen) atoms. The number of nitrogens with one attached hydrogen (secondary N) is 1. The van der Waals surface area contributed by atoms with Crippen molar-refractivity contribution in [1.29, 1.82) is 5.26 Å². The van der Waals surface area contributed by atoms with E-state index in [-0.39, 0.29) is 22.2 Å². The van der Waals surface area contributed by atoms with Crippen LogP contribution in [0.4, 0.5) is 18.9 Å². The van der Waals surface area contributed by atoms with Crippen LogP contribution in [0.2, 0.25) is 0 Å². The second-order valence-corrected chi connectivity index (χ2v) is 8.69. The molecule has 0 saturated heterocycles. The fraction of sp³-hybridized carbons (Fsp3) is 0.0645. The number of carbonyl (C=O) groups is 1. The lowest BCUT2D eigenvalue weighted by Crippen LogP contribution is -2.09. The summed E-state index contributed by atoms with van der Waals surface area (Å²) in [5.41, 5.74) is 2.66. The van der Waals surface area contributed by atoms with E-state index in [0.717, 1.165) is 11.6 Å². The van der Waals surface area contributed by atoms with Crippen LogP contribution in [0.1, 0.15) is 32.6 Å². The van der Waals surface area contributed by atoms with Crippen molar-refractivity contribution in [3.63, 3.8) is 0 Å². The molecule has 1 heterocycles. The first-order chi connectivity index (χ1) is 18.3. The minimum absolute atomic E-state index is 0.210. The molecule has 0 unspecified atom stereocenters. The van der Waals surface area contributed by atoms with Gasteiger partial charge in [-0.25, -0.2) is 0 Å². The topological polar surface area (TPSA) is 65.8 Å². The monoisotopic (exact) mass is 507 g/mol. The van der Waals surface area contributed by atoms with Crippen LogP contribution >= 0.6 is 0 Å². The van der Waals surface area contributed by atoms with Gasteiger partial charge >= 0.3 is 6.18 Å². The van der Waals surface area contributed by atoms with Crippen molar-refractivity contribution in [3.05, 3.63) is 131 Å². The van der Waals surface area contributed by atoms with Crippen molar-refractivity contribution in [2.75, 3.05) is 5.32 Å². The normalized spacial score (nSPS) is 11.2. The number of aromatic nitrogens is 1. The van der Waals surface area contributed by atoms with Gasteiger partial charge in [0.05, 0.1) is 22.7 Å². The van der Waals surface area contributed by atoms with Gasteiger partial charge in [-0.05, 0) is 41.5 Å². The molecule has 5 rings (SSSR count). The number of ketones is 1. The van der Waals surface area contributed by atoms with Gasteiger partial charge < -0.3 is 5.32 Å². The van der Waals surface area contributed by atoms with Crippen molar-refractivity contribution in [2.24, 2.45) is 0 Å². The molecule has 0 atom stereocenters. The summed E-state index contributed by atoms with van der Waals surface area (Å²) in [4.78, 5) is 17.6. The maximum atomic E-state index is 13.8. The van der Waals surface area contributed by atoms with Crippen LogP contribution in [-0.2, 0) is 12.7 Å². The molecule has 0 aliphatic rings. The average Bonchev–Trinajstić information content (AvgIpc) is 2.95. The summed E-state index contributed by atoms with van der Waals surface area (Å²) in [6, 6.07) is 28.9. The summed E-state index contributed by atoms with van der Waals surface area (Å²) in [5, 5.41) is 12.7. The number of para-hydroxylation sites is 1. The Morgan fingerprint density at radius 3 is 2.42 bits per heavy atom. The van der Waals surface area contributed by atoms with Crippen LogP contribution in [0.25, 0.3) is 22.0 Å². The highest BCUT2D eigenvalue weighted by molar-refractivity contribution is 6.16. The smallest absolute Gasteiger partial charge is 0.381 e. The predicted octanol–water partition coefficient (Wildman–Crippen LogP) is 7.64. The molecule has 0 amide bonds. The quantitative estimate of drug-likeness (QED) is 0.240. The van der Waals surface area contributed by atoms with E-state index < -0.39 is 11.7 Å². The van der Waals surface area contributed by atoms with Gasteiger partial charge in [0, 0.05) is 40.5 Å². The molecular weight excluding hydrogens is 487 g/mol. The van der Waals surface area contributed by atoms with Crippen molar-refractivity contribution < 1.29 is 18.0 Å². The van der Waals surface area contributed by atoms with Crippen molar-refractivity contribution in [1.82, 2.24) is 4.98 Å². The third kappa shape index (κ3) is 4.97. The number of fused-ring (bicyclic) bond motifs is 1. The Morgan fingerprint density at radius 2 is 1.66 bits per heavy atom. The second kappa shape index (κ2) is 10.2. The third-order valence-electron chi connectivity index (χ3n) is 6.19. The highest BCUT2D eigenvalue weighted by atomic mass is 19.4. The van der Waals surface area contributed by atoms with E-state index in [1.165, 1.54) is 12.3 Å². The zero-order valence-electron chi connectivity index (χ0n) is 20.0. The number of nitriles is 1. The number of rotatable bonds is 6. The van der Waals surface area contributed by atoms with Crippen LogP contribution in [0.5, 0.6) is 0 Å². The summed E-state index contributed by atoms with van der Waals surface area (Å²) in [6.07, 6.45) is -3.37. The Balaban J connectivity index is 1.63. The molecule has 1 aromatic heterocycles.